The van der Waals surface area contributed by atoms with E-state index in [0.29, 0.717) is 0 Å². The number of hydrogen-bond acceptors (Lipinski definition) is 2. The van der Waals surface area contributed by atoms with Gasteiger partial charge in [-0.15, -0.1) is 0 Å². The third kappa shape index (κ3) is 5.71. The molecule has 2 aliphatic rings. The lowest BCUT2D eigenvalue weighted by Gasteiger charge is -2.43. The van der Waals surface area contributed by atoms with Crippen molar-refractivity contribution in [2.75, 3.05) is 6.26 Å². The van der Waals surface area contributed by atoms with Gasteiger partial charge in [0.2, 0.25) is 0 Å². The normalized spacial score (nSPS) is 34.1. The van der Waals surface area contributed by atoms with Gasteiger partial charge in [0.15, 0.2) is 9.84 Å². The summed E-state index contributed by atoms with van der Waals surface area (Å²) in [6.07, 6.45) is 19.8. The van der Waals surface area contributed by atoms with Crippen LogP contribution in [0.2, 0.25) is 0 Å². The Morgan fingerprint density at radius 1 is 0.800 bits per heavy atom. The lowest BCUT2D eigenvalue weighted by Crippen LogP contribution is -2.43. The van der Waals surface area contributed by atoms with Crippen LogP contribution in [0.15, 0.2) is 0 Å². The molecule has 0 spiro atoms. The Bertz CT molecular complexity index is 466. The van der Waals surface area contributed by atoms with E-state index in [2.05, 4.69) is 13.8 Å². The topological polar surface area (TPSA) is 34.1 Å². The predicted molar refractivity (Wildman–Crippen MR) is 109 cm³/mol. The molecule has 25 heavy (non-hydrogen) atoms. The molecule has 0 saturated heterocycles. The fraction of sp³-hybridized carbons (Fsp3) is 1.00. The van der Waals surface area contributed by atoms with Gasteiger partial charge in [0.25, 0.3) is 0 Å². The molecule has 2 saturated carbocycles. The van der Waals surface area contributed by atoms with E-state index in [1.54, 1.807) is 0 Å². The van der Waals surface area contributed by atoms with Crippen molar-refractivity contribution in [1.82, 2.24) is 0 Å². The van der Waals surface area contributed by atoms with Crippen LogP contribution in [0.25, 0.3) is 0 Å². The average molecular weight is 371 g/mol. The highest BCUT2D eigenvalue weighted by atomic mass is 32.2. The van der Waals surface area contributed by atoms with Gasteiger partial charge in [-0.1, -0.05) is 65.2 Å². The zero-order valence-corrected chi connectivity index (χ0v) is 17.9. The first-order valence-electron chi connectivity index (χ1n) is 11.1. The van der Waals surface area contributed by atoms with Gasteiger partial charge in [-0.25, -0.2) is 8.42 Å². The standard InChI is InChI=1S/C22H42O2S/c1-4-6-8-16-22(25(3,23)24)17-14-21(15-18-22)20-12-10-19(11-13-20)9-7-5-2/h19-21H,4-18H2,1-3H3. The summed E-state index contributed by atoms with van der Waals surface area (Å²) in [5.74, 6) is 2.66. The summed E-state index contributed by atoms with van der Waals surface area (Å²) >= 11 is 0. The highest BCUT2D eigenvalue weighted by Crippen LogP contribution is 2.47. The molecule has 2 fully saturated rings. The summed E-state index contributed by atoms with van der Waals surface area (Å²) in [7, 11) is -2.94. The van der Waals surface area contributed by atoms with Crippen LogP contribution in [0, 0.1) is 17.8 Å². The number of unbranched alkanes of at least 4 members (excludes halogenated alkanes) is 3. The minimum absolute atomic E-state index is 0.392. The molecule has 2 aliphatic carbocycles. The average Bonchev–Trinajstić information content (AvgIpc) is 2.60. The second-order valence-corrected chi connectivity index (χ2v) is 11.6. The van der Waals surface area contributed by atoms with Crippen LogP contribution in [0.4, 0.5) is 0 Å². The first-order valence-corrected chi connectivity index (χ1v) is 13.0. The van der Waals surface area contributed by atoms with Crippen LogP contribution in [0.5, 0.6) is 0 Å². The highest BCUT2D eigenvalue weighted by molar-refractivity contribution is 7.92. The molecule has 0 heterocycles. The minimum atomic E-state index is -2.94. The van der Waals surface area contributed by atoms with Crippen LogP contribution in [-0.2, 0) is 9.84 Å². The quantitative estimate of drug-likeness (QED) is 0.432. The summed E-state index contributed by atoms with van der Waals surface area (Å²) in [6.45, 7) is 4.49. The van der Waals surface area contributed by atoms with E-state index in [1.165, 1.54) is 64.0 Å². The van der Waals surface area contributed by atoms with Crippen LogP contribution >= 0.6 is 0 Å². The maximum Gasteiger partial charge on any atom is 0.153 e. The van der Waals surface area contributed by atoms with Gasteiger partial charge in [0, 0.05) is 6.26 Å². The fourth-order valence-corrected chi connectivity index (χ4v) is 7.07. The summed E-state index contributed by atoms with van der Waals surface area (Å²) in [6, 6.07) is 0. The second kappa shape index (κ2) is 9.76. The molecule has 2 nitrogen and oxygen atoms in total. The zero-order chi connectivity index (χ0) is 18.3. The van der Waals surface area contributed by atoms with Crippen LogP contribution in [0.3, 0.4) is 0 Å². The molecule has 0 amide bonds. The van der Waals surface area contributed by atoms with Crippen molar-refractivity contribution >= 4 is 9.84 Å². The second-order valence-electron chi connectivity index (χ2n) is 9.17. The molecule has 0 N–H and O–H groups in total. The Hall–Kier alpha value is -0.0500. The molecule has 0 aromatic heterocycles. The minimum Gasteiger partial charge on any atom is -0.229 e. The fourth-order valence-electron chi connectivity index (χ4n) is 5.58. The predicted octanol–water partition coefficient (Wildman–Crippen LogP) is 6.54. The van der Waals surface area contributed by atoms with E-state index in [1.807, 2.05) is 0 Å². The van der Waals surface area contributed by atoms with Crippen LogP contribution in [0.1, 0.15) is 110 Å². The molecule has 0 aromatic rings. The van der Waals surface area contributed by atoms with Crippen LogP contribution < -0.4 is 0 Å². The molecule has 0 unspecified atom stereocenters. The monoisotopic (exact) mass is 370 g/mol. The van der Waals surface area contributed by atoms with Crippen LogP contribution in [-0.4, -0.2) is 19.4 Å². The third-order valence-corrected chi connectivity index (χ3v) is 9.67. The third-order valence-electron chi connectivity index (χ3n) is 7.49. The Kier molecular flexibility index (Phi) is 8.30. The largest absolute Gasteiger partial charge is 0.229 e. The zero-order valence-electron chi connectivity index (χ0n) is 17.1. The number of hydrogen-bond donors (Lipinski definition) is 0. The molecular weight excluding hydrogens is 328 g/mol. The summed E-state index contributed by atoms with van der Waals surface area (Å²) in [4.78, 5) is 0. The smallest absolute Gasteiger partial charge is 0.153 e. The SMILES string of the molecule is CCCCCC1(S(C)(=O)=O)CCC(C2CCC(CCCC)CC2)CC1. The number of sulfone groups is 1. The molecule has 3 heteroatoms. The first kappa shape index (κ1) is 21.3. The van der Waals surface area contributed by atoms with Gasteiger partial charge in [-0.2, -0.15) is 0 Å². The van der Waals surface area contributed by atoms with E-state index in [-0.39, 0.29) is 0 Å². The summed E-state index contributed by atoms with van der Waals surface area (Å²) in [5.41, 5.74) is 0. The maximum absolute atomic E-state index is 12.5. The summed E-state index contributed by atoms with van der Waals surface area (Å²) in [5, 5.41) is 0. The molecule has 2 rings (SSSR count). The van der Waals surface area contributed by atoms with E-state index in [0.717, 1.165) is 56.3 Å². The first-order chi connectivity index (χ1) is 11.9. The van der Waals surface area contributed by atoms with Gasteiger partial charge in [0.1, 0.15) is 0 Å². The van der Waals surface area contributed by atoms with Gasteiger partial charge < -0.3 is 0 Å². The van der Waals surface area contributed by atoms with Gasteiger partial charge in [-0.05, 0) is 62.7 Å². The van der Waals surface area contributed by atoms with Crippen molar-refractivity contribution in [2.24, 2.45) is 17.8 Å². The van der Waals surface area contributed by atoms with Gasteiger partial charge in [-0.3, -0.25) is 0 Å². The highest BCUT2D eigenvalue weighted by Gasteiger charge is 2.44. The van der Waals surface area contributed by atoms with Crippen molar-refractivity contribution in [3.05, 3.63) is 0 Å². The van der Waals surface area contributed by atoms with Crippen molar-refractivity contribution in [3.63, 3.8) is 0 Å². The lowest BCUT2D eigenvalue weighted by atomic mass is 9.68. The van der Waals surface area contributed by atoms with Gasteiger partial charge >= 0.3 is 0 Å². The Labute approximate surface area is 157 Å². The van der Waals surface area contributed by atoms with E-state index >= 15 is 0 Å². The van der Waals surface area contributed by atoms with Crippen molar-refractivity contribution < 1.29 is 8.42 Å². The molecular formula is C22H42O2S. The van der Waals surface area contributed by atoms with E-state index in [4.69, 9.17) is 0 Å². The van der Waals surface area contributed by atoms with E-state index < -0.39 is 14.6 Å². The molecule has 0 atom stereocenters. The molecule has 0 aliphatic heterocycles. The van der Waals surface area contributed by atoms with E-state index in [9.17, 15) is 8.42 Å². The summed E-state index contributed by atoms with van der Waals surface area (Å²) < 4.78 is 24.7. The van der Waals surface area contributed by atoms with Crippen molar-refractivity contribution in [2.45, 2.75) is 115 Å². The Morgan fingerprint density at radius 3 is 1.88 bits per heavy atom. The molecule has 0 radical (unpaired) electrons. The van der Waals surface area contributed by atoms with Crippen molar-refractivity contribution in [1.29, 1.82) is 0 Å². The maximum atomic E-state index is 12.5. The van der Waals surface area contributed by atoms with Gasteiger partial charge in [0.05, 0.1) is 4.75 Å². The van der Waals surface area contributed by atoms with Crippen molar-refractivity contribution in [3.8, 4) is 0 Å². The molecule has 148 valence electrons. The molecule has 0 bridgehead atoms. The number of rotatable bonds is 9. The Balaban J connectivity index is 1.85. The Morgan fingerprint density at radius 2 is 1.36 bits per heavy atom. The lowest BCUT2D eigenvalue weighted by molar-refractivity contribution is 0.146. The molecule has 0 aromatic carbocycles.